The highest BCUT2D eigenvalue weighted by Gasteiger charge is 2.53. The first-order valence-corrected chi connectivity index (χ1v) is 32.3. The quantitative estimate of drug-likeness (QED) is 0.0331. The van der Waals surface area contributed by atoms with E-state index in [-0.39, 0.29) is 52.2 Å². The number of nitrogens with zero attached hydrogens (tertiary/aromatic N) is 12. The summed E-state index contributed by atoms with van der Waals surface area (Å²) in [5, 5.41) is 9.14. The van der Waals surface area contributed by atoms with Gasteiger partial charge in [0, 0.05) is 30.4 Å². The van der Waals surface area contributed by atoms with Crippen molar-refractivity contribution < 1.29 is 64.5 Å². The van der Waals surface area contributed by atoms with Gasteiger partial charge in [-0.25, -0.2) is 47.9 Å². The molecular formula is C53H61BF2N14O12P2S. The number of hydrogen-bond donors (Lipinski definition) is 2. The van der Waals surface area contributed by atoms with Crippen molar-refractivity contribution in [2.45, 2.75) is 94.9 Å². The van der Waals surface area contributed by atoms with Crippen molar-refractivity contribution in [1.82, 2.24) is 54.0 Å². The van der Waals surface area contributed by atoms with Gasteiger partial charge in [0.05, 0.1) is 89.5 Å². The first-order chi connectivity index (χ1) is 41.1. The largest absolute Gasteiger partial charge is 0.389 e. The summed E-state index contributed by atoms with van der Waals surface area (Å²) in [7, 11) is -1.58. The highest BCUT2D eigenvalue weighted by molar-refractivity contribution is 8.54. The number of para-hydroxylation sites is 1. The second-order valence-electron chi connectivity index (χ2n) is 20.1. The Labute approximate surface area is 490 Å². The van der Waals surface area contributed by atoms with Gasteiger partial charge in [0.25, 0.3) is 15.0 Å². The molecule has 32 heteroatoms. The lowest BCUT2D eigenvalue weighted by molar-refractivity contribution is -0.118. The number of nitrogen functional groups attached to an aromatic ring is 2. The van der Waals surface area contributed by atoms with Gasteiger partial charge < -0.3 is 49.1 Å². The minimum atomic E-state index is -4.50. The van der Waals surface area contributed by atoms with Crippen LogP contribution in [0.4, 0.5) is 26.1 Å². The minimum absolute atomic E-state index is 0.0235. The fraction of sp³-hybridized carbons (Fsp3) is 0.415. The predicted octanol–water partition coefficient (Wildman–Crippen LogP) is 6.97. The van der Waals surface area contributed by atoms with Crippen molar-refractivity contribution in [1.29, 1.82) is 0 Å². The molecule has 3 aliphatic heterocycles. The second kappa shape index (κ2) is 26.1. The molecule has 11 rings (SSSR count). The van der Waals surface area contributed by atoms with Crippen molar-refractivity contribution in [2.24, 2.45) is 0 Å². The Hall–Kier alpha value is -6.66. The van der Waals surface area contributed by atoms with Crippen molar-refractivity contribution >= 4 is 78.8 Å². The van der Waals surface area contributed by atoms with E-state index in [0.29, 0.717) is 63.8 Å². The van der Waals surface area contributed by atoms with Gasteiger partial charge in [-0.3, -0.25) is 27.5 Å². The fourth-order valence-electron chi connectivity index (χ4n) is 10.2. The average Bonchev–Trinajstić information content (AvgIpc) is 2.65. The number of ether oxygens (including phenoxy) is 5. The number of carbonyl (C=O) groups is 1. The summed E-state index contributed by atoms with van der Waals surface area (Å²) in [6.07, 6.45) is -6.91. The molecule has 0 radical (unpaired) electrons. The number of carbonyl (C=O) groups excluding carboxylic acids is 1. The lowest BCUT2D eigenvalue weighted by atomic mass is 9.95. The van der Waals surface area contributed by atoms with Crippen LogP contribution in [-0.2, 0) is 81.2 Å². The zero-order chi connectivity index (χ0) is 59.4. The summed E-state index contributed by atoms with van der Waals surface area (Å²) >= 11 is 0.760. The number of nitrogens with two attached hydrogens (primary N) is 2. The van der Waals surface area contributed by atoms with Crippen molar-refractivity contribution in [2.75, 3.05) is 63.1 Å². The van der Waals surface area contributed by atoms with Gasteiger partial charge in [0.15, 0.2) is 47.7 Å². The molecule has 0 bridgehead atoms. The molecule has 0 aliphatic carbocycles. The van der Waals surface area contributed by atoms with Gasteiger partial charge in [-0.05, 0) is 41.1 Å². The van der Waals surface area contributed by atoms with Crippen molar-refractivity contribution in [3.63, 3.8) is 0 Å². The molecule has 8 aromatic rings. The van der Waals surface area contributed by atoms with Crippen LogP contribution in [0.3, 0.4) is 0 Å². The van der Waals surface area contributed by atoms with Gasteiger partial charge in [-0.2, -0.15) is 0 Å². The Balaban J connectivity index is 0.691. The molecule has 3 unspecified atom stereocenters. The molecule has 85 heavy (non-hydrogen) atoms. The van der Waals surface area contributed by atoms with E-state index in [1.807, 2.05) is 89.3 Å². The van der Waals surface area contributed by atoms with Crippen LogP contribution in [0.2, 0.25) is 0 Å². The topological polar surface area (TPSA) is 307 Å². The molecule has 1 amide bonds. The lowest BCUT2D eigenvalue weighted by Crippen LogP contribution is -2.34. The molecule has 0 saturated carbocycles. The Morgan fingerprint density at radius 1 is 0.765 bits per heavy atom. The molecule has 10 atom stereocenters. The zero-order valence-corrected chi connectivity index (χ0v) is 49.2. The molecule has 3 aromatic carbocycles. The lowest BCUT2D eigenvalue weighted by Gasteiger charge is -2.28. The number of halogens is 2. The molecule has 8 heterocycles. The molecule has 2 fully saturated rings. The van der Waals surface area contributed by atoms with Gasteiger partial charge in [-0.15, -0.1) is 5.10 Å². The maximum Gasteiger partial charge on any atom is 0.389 e. The molecule has 3 aliphatic rings. The Morgan fingerprint density at radius 2 is 1.38 bits per heavy atom. The van der Waals surface area contributed by atoms with E-state index >= 15 is 13.3 Å². The summed E-state index contributed by atoms with van der Waals surface area (Å²) < 4.78 is 119. The van der Waals surface area contributed by atoms with E-state index in [2.05, 4.69) is 40.2 Å². The molecule has 5 aromatic heterocycles. The SMILES string of the molecule is BP(=O)(OC)O[C@H]1[C@@H](F)[C@H](n2cnc3c(N)ncnc32)O[C@@H]1COP(=O)(O[C@@H]1C(C)O[C@@H](n2cnc3c(N)ncnc32)[C@@H]1F)SCc1ccc(COCCOCCOCCn2nnc3c2-c2ccccc2CN(C(=O)CC)c2ccccc2-3)cc1. The number of fused-ring (bicyclic) bond motifs is 7. The van der Waals surface area contributed by atoms with Crippen LogP contribution < -0.4 is 16.4 Å². The normalized spacial score (nSPS) is 22.6. The van der Waals surface area contributed by atoms with Crippen LogP contribution >= 0.6 is 25.7 Å². The summed E-state index contributed by atoms with van der Waals surface area (Å²) in [6.45, 7) is 1.09. The van der Waals surface area contributed by atoms with Crippen LogP contribution in [0.5, 0.6) is 0 Å². The Morgan fingerprint density at radius 3 is 2.06 bits per heavy atom. The molecular weight excluding hydrogens is 1170 g/mol. The number of anilines is 3. The van der Waals surface area contributed by atoms with E-state index < -0.39 is 70.1 Å². The monoisotopic (exact) mass is 1230 g/mol. The number of aromatic nitrogens is 11. The van der Waals surface area contributed by atoms with E-state index in [4.69, 9.17) is 53.2 Å². The second-order valence-corrected chi connectivity index (χ2v) is 26.2. The third-order valence-corrected chi connectivity index (χ3v) is 19.5. The molecule has 26 nitrogen and oxygen atoms in total. The highest BCUT2D eigenvalue weighted by Crippen LogP contribution is 2.64. The summed E-state index contributed by atoms with van der Waals surface area (Å²) in [6, 6.07) is 23.1. The van der Waals surface area contributed by atoms with Crippen LogP contribution in [0.15, 0.2) is 98.1 Å². The number of alkyl halides is 2. The third-order valence-electron chi connectivity index (χ3n) is 14.5. The zero-order valence-electron chi connectivity index (χ0n) is 46.6. The van der Waals surface area contributed by atoms with E-state index in [0.717, 1.165) is 59.7 Å². The van der Waals surface area contributed by atoms with E-state index in [9.17, 15) is 9.36 Å². The van der Waals surface area contributed by atoms with Crippen LogP contribution in [0.1, 0.15) is 49.4 Å². The smallest absolute Gasteiger partial charge is 0.382 e. The van der Waals surface area contributed by atoms with Gasteiger partial charge in [0.1, 0.15) is 47.7 Å². The minimum Gasteiger partial charge on any atom is -0.382 e. The Kier molecular flexibility index (Phi) is 18.5. The number of imidazole rings is 2. The number of hydrogen-bond acceptors (Lipinski definition) is 23. The fourth-order valence-corrected chi connectivity index (χ4v) is 14.4. The summed E-state index contributed by atoms with van der Waals surface area (Å²) in [5.74, 6) is 0.188. The van der Waals surface area contributed by atoms with Gasteiger partial charge in [-0.1, -0.05) is 78.9 Å². The predicted molar refractivity (Wildman–Crippen MR) is 311 cm³/mol. The maximum absolute atomic E-state index is 16.7. The van der Waals surface area contributed by atoms with E-state index in [1.165, 1.54) is 34.4 Å². The average molecular weight is 1230 g/mol. The molecule has 0 spiro atoms. The van der Waals surface area contributed by atoms with Crippen LogP contribution in [0, 0.1) is 0 Å². The maximum atomic E-state index is 16.7. The highest BCUT2D eigenvalue weighted by atomic mass is 32.7. The molecule has 2 saturated heterocycles. The summed E-state index contributed by atoms with van der Waals surface area (Å²) in [4.78, 5) is 39.7. The molecule has 448 valence electrons. The Bertz CT molecular complexity index is 3760. The van der Waals surface area contributed by atoms with Crippen molar-refractivity contribution in [3.05, 3.63) is 115 Å². The van der Waals surface area contributed by atoms with Crippen LogP contribution in [0.25, 0.3) is 44.8 Å². The van der Waals surface area contributed by atoms with Gasteiger partial charge in [0.2, 0.25) is 5.91 Å². The van der Waals surface area contributed by atoms with Crippen LogP contribution in [-0.4, -0.2) is 151 Å². The first-order valence-electron chi connectivity index (χ1n) is 27.2. The third kappa shape index (κ3) is 12.9. The van der Waals surface area contributed by atoms with Gasteiger partial charge >= 0.3 is 6.80 Å². The standard InChI is InChI=1S/C53H61BF2N14O12P2S/c1-4-39(71)67-23-34-9-5-6-10-35(34)45-42(36-11-7-8-12-37(36)67)65-66-70(45)17-18-75-19-20-76-21-22-77-24-32-13-15-33(16-14-32)26-85-84(73,82-46-31(2)79-52(40(46)55)68-29-63-43-48(57)59-27-61-50(43)68)78-25-38-47(81-83(54,72)74-3)41(56)53(80-38)69-30-64-44-49(58)60-28-62-51(44)69/h5-16,27-31,38,40-41,46-47,52-53H,4,17-26,54H2,1-3H3,(H2,57,59,61)(H2,58,60,62)/t31?,38-,40-,41-,46-,47-,52-,53-,83?,84?/m1/s1. The number of benzene rings is 3. The van der Waals surface area contributed by atoms with Crippen molar-refractivity contribution in [3.8, 4) is 22.5 Å². The number of amides is 1. The number of rotatable bonds is 25. The molecule has 4 N–H and O–H groups in total. The van der Waals surface area contributed by atoms with E-state index in [1.54, 1.807) is 6.92 Å². The summed E-state index contributed by atoms with van der Waals surface area (Å²) in [5.41, 5.74) is 19.5. The first kappa shape index (κ1) is 60.0.